The van der Waals surface area contributed by atoms with E-state index in [-0.39, 0.29) is 5.41 Å². The van der Waals surface area contributed by atoms with Crippen molar-refractivity contribution in [3.63, 3.8) is 0 Å². The number of nitrogens with zero attached hydrogens (tertiary/aromatic N) is 3. The van der Waals surface area contributed by atoms with Crippen LogP contribution in [0.2, 0.25) is 0 Å². The largest absolute Gasteiger partial charge is 0.361 e. The highest BCUT2D eigenvalue weighted by Gasteiger charge is 2.43. The molecule has 2 fully saturated rings. The van der Waals surface area contributed by atoms with Crippen LogP contribution in [0.25, 0.3) is 0 Å². The normalized spacial score (nSPS) is 27.8. The standard InChI is InChI=1S/C15H25N3O3S/c1-12-14(13(2)21-16-12)9-17-8-6-15(10-17)5-4-7-18(11-15)22(3,19)20/h4-11H2,1-3H3/t15-/m1/s1. The Hall–Kier alpha value is -0.920. The maximum absolute atomic E-state index is 11.8. The van der Waals surface area contributed by atoms with Gasteiger partial charge in [0, 0.05) is 31.7 Å². The SMILES string of the molecule is Cc1noc(C)c1CN1CC[C@]2(CCCN(S(C)(=O)=O)C2)C1. The van der Waals surface area contributed by atoms with Gasteiger partial charge in [0.05, 0.1) is 11.9 Å². The van der Waals surface area contributed by atoms with Crippen LogP contribution in [0, 0.1) is 19.3 Å². The first-order chi connectivity index (χ1) is 10.3. The van der Waals surface area contributed by atoms with Gasteiger partial charge in [-0.15, -0.1) is 0 Å². The quantitative estimate of drug-likeness (QED) is 0.842. The molecule has 0 bridgehead atoms. The molecule has 7 heteroatoms. The van der Waals surface area contributed by atoms with Crippen LogP contribution in [-0.2, 0) is 16.6 Å². The number of sulfonamides is 1. The van der Waals surface area contributed by atoms with Crippen molar-refractivity contribution in [2.75, 3.05) is 32.4 Å². The first kappa shape index (κ1) is 16.0. The summed E-state index contributed by atoms with van der Waals surface area (Å²) < 4.78 is 30.6. The second-order valence-corrected chi connectivity index (χ2v) is 8.95. The third-order valence-electron chi connectivity index (χ3n) is 5.18. The molecule has 124 valence electrons. The average Bonchev–Trinajstić information content (AvgIpc) is 2.97. The Kier molecular flexibility index (Phi) is 4.07. The van der Waals surface area contributed by atoms with Crippen LogP contribution in [0.15, 0.2) is 4.52 Å². The smallest absolute Gasteiger partial charge is 0.211 e. The highest BCUT2D eigenvalue weighted by atomic mass is 32.2. The summed E-state index contributed by atoms with van der Waals surface area (Å²) in [5.74, 6) is 0.889. The van der Waals surface area contributed by atoms with Crippen molar-refractivity contribution < 1.29 is 12.9 Å². The summed E-state index contributed by atoms with van der Waals surface area (Å²) in [6.07, 6.45) is 4.48. The summed E-state index contributed by atoms with van der Waals surface area (Å²) in [5, 5.41) is 4.02. The Balaban J connectivity index is 1.69. The summed E-state index contributed by atoms with van der Waals surface area (Å²) in [6.45, 7) is 8.10. The summed E-state index contributed by atoms with van der Waals surface area (Å²) >= 11 is 0. The van der Waals surface area contributed by atoms with E-state index in [2.05, 4.69) is 10.1 Å². The molecule has 3 heterocycles. The van der Waals surface area contributed by atoms with E-state index in [0.717, 1.165) is 50.4 Å². The molecule has 0 aromatic carbocycles. The van der Waals surface area contributed by atoms with Crippen molar-refractivity contribution in [2.45, 2.75) is 39.7 Å². The Morgan fingerprint density at radius 3 is 2.64 bits per heavy atom. The average molecular weight is 327 g/mol. The van der Waals surface area contributed by atoms with Gasteiger partial charge in [-0.25, -0.2) is 12.7 Å². The molecule has 2 aliphatic rings. The molecule has 1 spiro atoms. The van der Waals surface area contributed by atoms with Gasteiger partial charge >= 0.3 is 0 Å². The molecule has 1 aromatic rings. The fourth-order valence-corrected chi connectivity index (χ4v) is 4.86. The van der Waals surface area contributed by atoms with Crippen LogP contribution in [0.5, 0.6) is 0 Å². The Morgan fingerprint density at radius 2 is 2.00 bits per heavy atom. The molecule has 2 saturated heterocycles. The van der Waals surface area contributed by atoms with E-state index < -0.39 is 10.0 Å². The number of likely N-dealkylation sites (tertiary alicyclic amines) is 1. The van der Waals surface area contributed by atoms with Crippen LogP contribution in [-0.4, -0.2) is 55.2 Å². The van der Waals surface area contributed by atoms with Crippen LogP contribution < -0.4 is 0 Å². The van der Waals surface area contributed by atoms with Gasteiger partial charge in [-0.2, -0.15) is 0 Å². The van der Waals surface area contributed by atoms with Crippen LogP contribution in [0.4, 0.5) is 0 Å². The fraction of sp³-hybridized carbons (Fsp3) is 0.800. The number of hydrogen-bond acceptors (Lipinski definition) is 5. The van der Waals surface area contributed by atoms with Crippen molar-refractivity contribution in [2.24, 2.45) is 5.41 Å². The molecule has 0 radical (unpaired) electrons. The topological polar surface area (TPSA) is 66.7 Å². The summed E-state index contributed by atoms with van der Waals surface area (Å²) in [5.41, 5.74) is 2.26. The molecule has 2 aliphatic heterocycles. The lowest BCUT2D eigenvalue weighted by atomic mass is 9.80. The molecule has 0 aliphatic carbocycles. The number of hydrogen-bond donors (Lipinski definition) is 0. The first-order valence-electron chi connectivity index (χ1n) is 7.88. The van der Waals surface area contributed by atoms with Gasteiger partial charge in [-0.05, 0) is 45.1 Å². The lowest BCUT2D eigenvalue weighted by Crippen LogP contribution is -2.46. The molecule has 6 nitrogen and oxygen atoms in total. The van der Waals surface area contributed by atoms with Crippen molar-refractivity contribution in [1.29, 1.82) is 0 Å². The third kappa shape index (κ3) is 3.07. The Labute approximate surface area is 132 Å². The highest BCUT2D eigenvalue weighted by molar-refractivity contribution is 7.88. The van der Waals surface area contributed by atoms with E-state index in [1.165, 1.54) is 11.8 Å². The monoisotopic (exact) mass is 327 g/mol. The van der Waals surface area contributed by atoms with Gasteiger partial charge in [0.1, 0.15) is 5.76 Å². The van der Waals surface area contributed by atoms with Gasteiger partial charge in [0.25, 0.3) is 0 Å². The lowest BCUT2D eigenvalue weighted by Gasteiger charge is -2.39. The minimum atomic E-state index is -3.08. The predicted octanol–water partition coefficient (Wildman–Crippen LogP) is 1.54. The molecule has 1 aromatic heterocycles. The molecule has 3 rings (SSSR count). The maximum Gasteiger partial charge on any atom is 0.211 e. The van der Waals surface area contributed by atoms with E-state index >= 15 is 0 Å². The Bertz CT molecular complexity index is 635. The Morgan fingerprint density at radius 1 is 1.23 bits per heavy atom. The van der Waals surface area contributed by atoms with Crippen molar-refractivity contribution in [1.82, 2.24) is 14.4 Å². The van der Waals surface area contributed by atoms with Gasteiger partial charge in [0.15, 0.2) is 0 Å². The van der Waals surface area contributed by atoms with Crippen molar-refractivity contribution in [3.05, 3.63) is 17.0 Å². The van der Waals surface area contributed by atoms with Crippen molar-refractivity contribution >= 4 is 10.0 Å². The molecular weight excluding hydrogens is 302 g/mol. The van der Waals surface area contributed by atoms with Crippen LogP contribution in [0.1, 0.15) is 36.3 Å². The number of rotatable bonds is 3. The van der Waals surface area contributed by atoms with Crippen LogP contribution >= 0.6 is 0 Å². The maximum atomic E-state index is 11.8. The third-order valence-corrected chi connectivity index (χ3v) is 6.43. The predicted molar refractivity (Wildman–Crippen MR) is 84.0 cm³/mol. The summed E-state index contributed by atoms with van der Waals surface area (Å²) in [6, 6.07) is 0. The number of piperidine rings is 1. The summed E-state index contributed by atoms with van der Waals surface area (Å²) in [7, 11) is -3.08. The lowest BCUT2D eigenvalue weighted by molar-refractivity contribution is 0.147. The van der Waals surface area contributed by atoms with Gasteiger partial charge in [-0.1, -0.05) is 5.16 Å². The molecule has 0 saturated carbocycles. The number of aryl methyl sites for hydroxylation is 2. The summed E-state index contributed by atoms with van der Waals surface area (Å²) in [4.78, 5) is 2.41. The highest BCUT2D eigenvalue weighted by Crippen LogP contribution is 2.40. The van der Waals surface area contributed by atoms with E-state index in [1.54, 1.807) is 4.31 Å². The van der Waals surface area contributed by atoms with E-state index in [0.29, 0.717) is 13.1 Å². The first-order valence-corrected chi connectivity index (χ1v) is 9.73. The second kappa shape index (κ2) is 5.62. The molecule has 0 unspecified atom stereocenters. The van der Waals surface area contributed by atoms with E-state index in [1.807, 2.05) is 13.8 Å². The number of aromatic nitrogens is 1. The van der Waals surface area contributed by atoms with E-state index in [4.69, 9.17) is 4.52 Å². The van der Waals surface area contributed by atoms with Crippen molar-refractivity contribution in [3.8, 4) is 0 Å². The zero-order chi connectivity index (χ0) is 16.0. The molecule has 0 amide bonds. The zero-order valence-electron chi connectivity index (χ0n) is 13.6. The molecule has 22 heavy (non-hydrogen) atoms. The minimum Gasteiger partial charge on any atom is -0.361 e. The fourth-order valence-electron chi connectivity index (χ4n) is 3.89. The van der Waals surface area contributed by atoms with Gasteiger partial charge in [-0.3, -0.25) is 4.90 Å². The van der Waals surface area contributed by atoms with E-state index in [9.17, 15) is 8.42 Å². The van der Waals surface area contributed by atoms with Crippen LogP contribution in [0.3, 0.4) is 0 Å². The minimum absolute atomic E-state index is 0.125. The van der Waals surface area contributed by atoms with Gasteiger partial charge in [0.2, 0.25) is 10.0 Å². The molecular formula is C15H25N3O3S. The zero-order valence-corrected chi connectivity index (χ0v) is 14.4. The molecule has 0 N–H and O–H groups in total. The molecule has 1 atom stereocenters. The second-order valence-electron chi connectivity index (χ2n) is 6.96. The van der Waals surface area contributed by atoms with Gasteiger partial charge < -0.3 is 4.52 Å².